The second-order valence-corrected chi connectivity index (χ2v) is 5.99. The maximum atomic E-state index is 12.5. The monoisotopic (exact) mass is 347 g/mol. The summed E-state index contributed by atoms with van der Waals surface area (Å²) in [7, 11) is 0. The standard InChI is InChI=1S/C18H22ClN3O2/c1-2-17(23)13-22(12-14-6-4-3-5-7-14)18(24)21-11-16-9-8-15(19)10-20-16/h3-10,17,23H,2,11-13H2,1H3,(H,21,24). The van der Waals surface area contributed by atoms with Crippen molar-refractivity contribution >= 4 is 17.6 Å². The fraction of sp³-hybridized carbons (Fsp3) is 0.333. The van der Waals surface area contributed by atoms with E-state index in [-0.39, 0.29) is 12.6 Å². The van der Waals surface area contributed by atoms with Gasteiger partial charge in [-0.3, -0.25) is 4.98 Å². The quantitative estimate of drug-likeness (QED) is 0.808. The van der Waals surface area contributed by atoms with E-state index < -0.39 is 6.10 Å². The lowest BCUT2D eigenvalue weighted by atomic mass is 10.2. The fourth-order valence-corrected chi connectivity index (χ4v) is 2.31. The van der Waals surface area contributed by atoms with E-state index >= 15 is 0 Å². The molecule has 0 saturated heterocycles. The Bertz CT molecular complexity index is 634. The average molecular weight is 348 g/mol. The molecule has 0 spiro atoms. The van der Waals surface area contributed by atoms with E-state index in [9.17, 15) is 9.90 Å². The zero-order chi connectivity index (χ0) is 17.4. The minimum atomic E-state index is -0.548. The first-order valence-corrected chi connectivity index (χ1v) is 8.31. The number of aliphatic hydroxyl groups excluding tert-OH is 1. The Labute approximate surface area is 147 Å². The highest BCUT2D eigenvalue weighted by Crippen LogP contribution is 2.08. The summed E-state index contributed by atoms with van der Waals surface area (Å²) >= 11 is 5.80. The SMILES string of the molecule is CCC(O)CN(Cc1ccccc1)C(=O)NCc1ccc(Cl)cn1. The van der Waals surface area contributed by atoms with Crippen LogP contribution in [0.25, 0.3) is 0 Å². The van der Waals surface area contributed by atoms with E-state index in [1.165, 1.54) is 0 Å². The highest BCUT2D eigenvalue weighted by Gasteiger charge is 2.17. The van der Waals surface area contributed by atoms with Crippen LogP contribution in [0.15, 0.2) is 48.7 Å². The van der Waals surface area contributed by atoms with Gasteiger partial charge < -0.3 is 15.3 Å². The molecule has 2 amide bonds. The number of amides is 2. The van der Waals surface area contributed by atoms with Crippen LogP contribution in [0.4, 0.5) is 4.79 Å². The first kappa shape index (κ1) is 18.2. The summed E-state index contributed by atoms with van der Waals surface area (Å²) in [4.78, 5) is 18.3. The Morgan fingerprint density at radius 2 is 2.04 bits per heavy atom. The van der Waals surface area contributed by atoms with Crippen molar-refractivity contribution in [2.75, 3.05) is 6.54 Å². The minimum absolute atomic E-state index is 0.233. The normalized spacial score (nSPS) is 11.8. The molecule has 2 N–H and O–H groups in total. The van der Waals surface area contributed by atoms with E-state index in [1.54, 1.807) is 23.2 Å². The van der Waals surface area contributed by atoms with E-state index in [2.05, 4.69) is 10.3 Å². The molecule has 0 aliphatic rings. The van der Waals surface area contributed by atoms with Crippen molar-refractivity contribution in [1.82, 2.24) is 15.2 Å². The number of rotatable bonds is 7. The number of carbonyl (C=O) groups is 1. The smallest absolute Gasteiger partial charge is 0.318 e. The maximum absolute atomic E-state index is 12.5. The van der Waals surface area contributed by atoms with Gasteiger partial charge >= 0.3 is 6.03 Å². The second-order valence-electron chi connectivity index (χ2n) is 5.55. The van der Waals surface area contributed by atoms with Gasteiger partial charge in [0.1, 0.15) is 0 Å². The molecule has 1 heterocycles. The van der Waals surface area contributed by atoms with Gasteiger partial charge in [0, 0.05) is 19.3 Å². The Morgan fingerprint density at radius 1 is 1.29 bits per heavy atom. The Morgan fingerprint density at radius 3 is 2.67 bits per heavy atom. The van der Waals surface area contributed by atoms with E-state index in [0.29, 0.717) is 24.5 Å². The summed E-state index contributed by atoms with van der Waals surface area (Å²) in [6.45, 7) is 2.92. The molecule has 0 fully saturated rings. The van der Waals surface area contributed by atoms with Crippen molar-refractivity contribution in [3.63, 3.8) is 0 Å². The van der Waals surface area contributed by atoms with Crippen LogP contribution in [0.5, 0.6) is 0 Å². The summed E-state index contributed by atoms with van der Waals surface area (Å²) < 4.78 is 0. The molecule has 1 unspecified atom stereocenters. The summed E-state index contributed by atoms with van der Waals surface area (Å²) in [6, 6.07) is 13.0. The lowest BCUT2D eigenvalue weighted by Gasteiger charge is -2.25. The van der Waals surface area contributed by atoms with Crippen molar-refractivity contribution in [3.05, 3.63) is 64.9 Å². The molecule has 1 atom stereocenters. The molecule has 2 rings (SSSR count). The predicted octanol–water partition coefficient (Wildman–Crippen LogP) is 3.22. The number of carbonyl (C=O) groups excluding carboxylic acids is 1. The molecular weight excluding hydrogens is 326 g/mol. The predicted molar refractivity (Wildman–Crippen MR) is 94.6 cm³/mol. The lowest BCUT2D eigenvalue weighted by Crippen LogP contribution is -2.43. The molecule has 0 bridgehead atoms. The molecule has 1 aromatic heterocycles. The molecular formula is C18H22ClN3O2. The Balaban J connectivity index is 1.99. The number of urea groups is 1. The summed E-state index contributed by atoms with van der Waals surface area (Å²) in [5, 5.41) is 13.3. The lowest BCUT2D eigenvalue weighted by molar-refractivity contribution is 0.114. The number of pyridine rings is 1. The molecule has 128 valence electrons. The molecule has 2 aromatic rings. The number of benzene rings is 1. The molecule has 0 aliphatic carbocycles. The fourth-order valence-electron chi connectivity index (χ4n) is 2.20. The van der Waals surface area contributed by atoms with Gasteiger partial charge in [-0.25, -0.2) is 4.79 Å². The van der Waals surface area contributed by atoms with Crippen LogP contribution in [0.2, 0.25) is 5.02 Å². The topological polar surface area (TPSA) is 65.5 Å². The van der Waals surface area contributed by atoms with Crippen molar-refractivity contribution in [3.8, 4) is 0 Å². The Kier molecular flexibility index (Phi) is 7.03. The van der Waals surface area contributed by atoms with E-state index in [1.807, 2.05) is 37.3 Å². The van der Waals surface area contributed by atoms with Crippen LogP contribution >= 0.6 is 11.6 Å². The number of hydrogen-bond acceptors (Lipinski definition) is 3. The number of hydrogen-bond donors (Lipinski definition) is 2. The zero-order valence-corrected chi connectivity index (χ0v) is 14.4. The Hall–Kier alpha value is -2.11. The molecule has 0 saturated carbocycles. The van der Waals surface area contributed by atoms with Crippen molar-refractivity contribution in [1.29, 1.82) is 0 Å². The molecule has 1 aromatic carbocycles. The highest BCUT2D eigenvalue weighted by molar-refractivity contribution is 6.30. The van der Waals surface area contributed by atoms with Crippen LogP contribution in [0.1, 0.15) is 24.6 Å². The van der Waals surface area contributed by atoms with Crippen molar-refractivity contribution in [2.45, 2.75) is 32.5 Å². The third kappa shape index (κ3) is 5.83. The average Bonchev–Trinajstić information content (AvgIpc) is 2.61. The first-order valence-electron chi connectivity index (χ1n) is 7.93. The number of aromatic nitrogens is 1. The van der Waals surface area contributed by atoms with Gasteiger partial charge in [0.2, 0.25) is 0 Å². The number of halogens is 1. The van der Waals surface area contributed by atoms with Crippen LogP contribution in [0.3, 0.4) is 0 Å². The maximum Gasteiger partial charge on any atom is 0.318 e. The van der Waals surface area contributed by atoms with Gasteiger partial charge in [-0.05, 0) is 24.1 Å². The van der Waals surface area contributed by atoms with E-state index in [4.69, 9.17) is 11.6 Å². The first-order chi connectivity index (χ1) is 11.6. The second kappa shape index (κ2) is 9.25. The molecule has 0 aliphatic heterocycles. The van der Waals surface area contributed by atoms with E-state index in [0.717, 1.165) is 11.3 Å². The van der Waals surface area contributed by atoms with Gasteiger partial charge in [-0.1, -0.05) is 48.9 Å². The summed E-state index contributed by atoms with van der Waals surface area (Å²) in [5.74, 6) is 0. The van der Waals surface area contributed by atoms with Gasteiger partial charge in [0.25, 0.3) is 0 Å². The molecule has 0 radical (unpaired) electrons. The van der Waals surface area contributed by atoms with Crippen LogP contribution < -0.4 is 5.32 Å². The van der Waals surface area contributed by atoms with Crippen molar-refractivity contribution < 1.29 is 9.90 Å². The molecule has 5 nitrogen and oxygen atoms in total. The highest BCUT2D eigenvalue weighted by atomic mass is 35.5. The summed E-state index contributed by atoms with van der Waals surface area (Å²) in [5.41, 5.74) is 1.74. The number of aliphatic hydroxyl groups is 1. The minimum Gasteiger partial charge on any atom is -0.391 e. The van der Waals surface area contributed by atoms with Gasteiger partial charge in [-0.15, -0.1) is 0 Å². The zero-order valence-electron chi connectivity index (χ0n) is 13.7. The van der Waals surface area contributed by atoms with Crippen LogP contribution in [0, 0.1) is 0 Å². The van der Waals surface area contributed by atoms with Crippen molar-refractivity contribution in [2.24, 2.45) is 0 Å². The number of nitrogens with one attached hydrogen (secondary N) is 1. The van der Waals surface area contributed by atoms with Gasteiger partial charge in [0.15, 0.2) is 0 Å². The third-order valence-corrected chi connectivity index (χ3v) is 3.84. The summed E-state index contributed by atoms with van der Waals surface area (Å²) in [6.07, 6.45) is 1.59. The number of nitrogens with zero attached hydrogens (tertiary/aromatic N) is 2. The van der Waals surface area contributed by atoms with Crippen LogP contribution in [-0.2, 0) is 13.1 Å². The molecule has 24 heavy (non-hydrogen) atoms. The molecule has 6 heteroatoms. The largest absolute Gasteiger partial charge is 0.391 e. The van der Waals surface area contributed by atoms with Gasteiger partial charge in [0.05, 0.1) is 23.4 Å². The third-order valence-electron chi connectivity index (χ3n) is 3.62. The van der Waals surface area contributed by atoms with Gasteiger partial charge in [-0.2, -0.15) is 0 Å². The van der Waals surface area contributed by atoms with Crippen LogP contribution in [-0.4, -0.2) is 33.7 Å².